The summed E-state index contributed by atoms with van der Waals surface area (Å²) in [7, 11) is 0. The highest BCUT2D eigenvalue weighted by Gasteiger charge is 2.37. The number of ether oxygens (including phenoxy) is 1. The zero-order chi connectivity index (χ0) is 12.5. The Kier molecular flexibility index (Phi) is 3.27. The lowest BCUT2D eigenvalue weighted by molar-refractivity contribution is -0.0802. The molecule has 1 unspecified atom stereocenters. The predicted octanol–water partition coefficient (Wildman–Crippen LogP) is 2.49. The van der Waals surface area contributed by atoms with Gasteiger partial charge in [-0.1, -0.05) is 19.1 Å². The van der Waals surface area contributed by atoms with E-state index in [0.717, 1.165) is 38.1 Å². The van der Waals surface area contributed by atoms with E-state index in [2.05, 4.69) is 17.9 Å². The summed E-state index contributed by atoms with van der Waals surface area (Å²) >= 11 is 0. The van der Waals surface area contributed by atoms with Crippen LogP contribution in [0.15, 0.2) is 18.2 Å². The van der Waals surface area contributed by atoms with E-state index in [0.29, 0.717) is 11.8 Å². The summed E-state index contributed by atoms with van der Waals surface area (Å²) in [5.41, 5.74) is 2.30. The van der Waals surface area contributed by atoms with Crippen molar-refractivity contribution in [1.29, 1.82) is 0 Å². The Labute approximate surface area is 108 Å². The predicted molar refractivity (Wildman–Crippen MR) is 70.8 cm³/mol. The van der Waals surface area contributed by atoms with Gasteiger partial charge in [0.15, 0.2) is 0 Å². The first-order valence-electron chi connectivity index (χ1n) is 6.97. The minimum atomic E-state index is 0.154. The average Bonchev–Trinajstić information content (AvgIpc) is 2.40. The van der Waals surface area contributed by atoms with Gasteiger partial charge in [-0.3, -0.25) is 4.90 Å². The quantitative estimate of drug-likeness (QED) is 0.871. The number of phenols is 1. The first-order valence-corrected chi connectivity index (χ1v) is 6.97. The lowest BCUT2D eigenvalue weighted by atomic mass is 9.83. The molecule has 0 amide bonds. The molecule has 1 saturated heterocycles. The molecule has 1 heterocycles. The summed E-state index contributed by atoms with van der Waals surface area (Å²) in [6, 6.07) is 6.32. The van der Waals surface area contributed by atoms with Crippen molar-refractivity contribution < 1.29 is 9.84 Å². The second-order valence-corrected chi connectivity index (χ2v) is 5.28. The molecular weight excluding hydrogens is 226 g/mol. The normalized spacial score (nSPS) is 27.6. The highest BCUT2D eigenvalue weighted by atomic mass is 16.5. The number of benzene rings is 1. The van der Waals surface area contributed by atoms with Crippen LogP contribution in [0.1, 0.15) is 37.0 Å². The third kappa shape index (κ3) is 1.91. The monoisotopic (exact) mass is 247 g/mol. The van der Waals surface area contributed by atoms with E-state index < -0.39 is 0 Å². The smallest absolute Gasteiger partial charge is 0.119 e. The Morgan fingerprint density at radius 2 is 2.33 bits per heavy atom. The maximum atomic E-state index is 9.95. The van der Waals surface area contributed by atoms with Crippen molar-refractivity contribution >= 4 is 0 Å². The Balaban J connectivity index is 1.92. The van der Waals surface area contributed by atoms with Crippen molar-refractivity contribution in [3.05, 3.63) is 29.3 Å². The average molecular weight is 247 g/mol. The van der Waals surface area contributed by atoms with Gasteiger partial charge in [0.05, 0.1) is 12.7 Å². The maximum Gasteiger partial charge on any atom is 0.119 e. The molecule has 1 aliphatic heterocycles. The van der Waals surface area contributed by atoms with E-state index in [1.165, 1.54) is 12.0 Å². The van der Waals surface area contributed by atoms with Crippen molar-refractivity contribution in [2.24, 2.45) is 0 Å². The molecule has 1 aliphatic carbocycles. The van der Waals surface area contributed by atoms with Crippen LogP contribution in [0.2, 0.25) is 0 Å². The molecule has 98 valence electrons. The van der Waals surface area contributed by atoms with E-state index in [1.54, 1.807) is 6.07 Å². The number of morpholine rings is 1. The minimum absolute atomic E-state index is 0.154. The summed E-state index contributed by atoms with van der Waals surface area (Å²) in [6.07, 6.45) is 3.40. The number of phenolic OH excluding ortho intramolecular Hbond substituents is 1. The highest BCUT2D eigenvalue weighted by molar-refractivity contribution is 5.43. The molecule has 1 aromatic carbocycles. The summed E-state index contributed by atoms with van der Waals surface area (Å²) in [5, 5.41) is 9.95. The molecule has 1 N–H and O–H groups in total. The molecule has 0 saturated carbocycles. The molecule has 0 aromatic heterocycles. The molecule has 0 spiro atoms. The lowest BCUT2D eigenvalue weighted by Crippen LogP contribution is -2.49. The summed E-state index contributed by atoms with van der Waals surface area (Å²) in [5.74, 6) is 0.433. The van der Waals surface area contributed by atoms with Gasteiger partial charge >= 0.3 is 0 Å². The van der Waals surface area contributed by atoms with Crippen molar-refractivity contribution in [1.82, 2.24) is 4.90 Å². The van der Waals surface area contributed by atoms with Gasteiger partial charge in [-0.05, 0) is 43.0 Å². The van der Waals surface area contributed by atoms with Gasteiger partial charge in [0, 0.05) is 12.6 Å². The van der Waals surface area contributed by atoms with E-state index in [9.17, 15) is 5.11 Å². The van der Waals surface area contributed by atoms with Gasteiger partial charge in [0.25, 0.3) is 0 Å². The second kappa shape index (κ2) is 4.90. The molecule has 1 aromatic rings. The number of nitrogens with zero attached hydrogens (tertiary/aromatic N) is 1. The van der Waals surface area contributed by atoms with Crippen LogP contribution in [0, 0.1) is 0 Å². The number of rotatable bonds is 2. The van der Waals surface area contributed by atoms with Crippen LogP contribution in [-0.4, -0.2) is 35.7 Å². The van der Waals surface area contributed by atoms with Gasteiger partial charge in [-0.15, -0.1) is 0 Å². The number of fused-ring (bicyclic) bond motifs is 3. The van der Waals surface area contributed by atoms with Crippen molar-refractivity contribution in [2.45, 2.75) is 38.3 Å². The molecule has 1 fully saturated rings. The largest absolute Gasteiger partial charge is 0.508 e. The van der Waals surface area contributed by atoms with Gasteiger partial charge in [-0.25, -0.2) is 0 Å². The fourth-order valence-corrected chi connectivity index (χ4v) is 3.38. The Morgan fingerprint density at radius 1 is 1.44 bits per heavy atom. The van der Waals surface area contributed by atoms with Crippen LogP contribution in [0.5, 0.6) is 5.75 Å². The molecule has 0 bridgehead atoms. The lowest BCUT2D eigenvalue weighted by Gasteiger charge is -2.44. The fourth-order valence-electron chi connectivity index (χ4n) is 3.38. The van der Waals surface area contributed by atoms with Crippen LogP contribution in [-0.2, 0) is 11.2 Å². The molecule has 3 nitrogen and oxygen atoms in total. The molecule has 2 aliphatic rings. The highest BCUT2D eigenvalue weighted by Crippen LogP contribution is 2.40. The SMILES string of the molecule is CCCN1CCO[C@@H]2c3cccc(O)c3CCC21. The third-order valence-electron chi connectivity index (χ3n) is 4.19. The van der Waals surface area contributed by atoms with Gasteiger partial charge in [0.1, 0.15) is 5.75 Å². The standard InChI is InChI=1S/C15H21NO2/c1-2-8-16-9-10-18-15-12-4-3-5-14(17)11(12)6-7-13(15)16/h3-5,13,15,17H,2,6-10H2,1H3/t13?,15-/m1/s1. The van der Waals surface area contributed by atoms with E-state index in [1.807, 2.05) is 6.07 Å². The van der Waals surface area contributed by atoms with E-state index in [4.69, 9.17) is 4.74 Å². The Hall–Kier alpha value is -1.06. The van der Waals surface area contributed by atoms with Gasteiger partial charge in [0.2, 0.25) is 0 Å². The van der Waals surface area contributed by atoms with E-state index in [-0.39, 0.29) is 6.10 Å². The topological polar surface area (TPSA) is 32.7 Å². The summed E-state index contributed by atoms with van der Waals surface area (Å²) in [4.78, 5) is 2.56. The number of hydrogen-bond acceptors (Lipinski definition) is 3. The van der Waals surface area contributed by atoms with Crippen molar-refractivity contribution in [2.75, 3.05) is 19.7 Å². The summed E-state index contributed by atoms with van der Waals surface area (Å²) < 4.78 is 5.99. The van der Waals surface area contributed by atoms with Crippen LogP contribution in [0.4, 0.5) is 0 Å². The third-order valence-corrected chi connectivity index (χ3v) is 4.19. The van der Waals surface area contributed by atoms with Crippen LogP contribution < -0.4 is 0 Å². The zero-order valence-electron chi connectivity index (χ0n) is 10.9. The Morgan fingerprint density at radius 3 is 3.17 bits per heavy atom. The van der Waals surface area contributed by atoms with Crippen molar-refractivity contribution in [3.63, 3.8) is 0 Å². The molecule has 3 rings (SSSR count). The Bertz CT molecular complexity index is 431. The van der Waals surface area contributed by atoms with Gasteiger partial charge < -0.3 is 9.84 Å². The molecule has 0 radical (unpaired) electrons. The maximum absolute atomic E-state index is 9.95. The van der Waals surface area contributed by atoms with Crippen LogP contribution in [0.3, 0.4) is 0 Å². The van der Waals surface area contributed by atoms with Gasteiger partial charge in [-0.2, -0.15) is 0 Å². The molecular formula is C15H21NO2. The molecule has 2 atom stereocenters. The molecule has 18 heavy (non-hydrogen) atoms. The number of hydrogen-bond donors (Lipinski definition) is 1. The summed E-state index contributed by atoms with van der Waals surface area (Å²) in [6.45, 7) is 5.23. The van der Waals surface area contributed by atoms with Crippen molar-refractivity contribution in [3.8, 4) is 5.75 Å². The fraction of sp³-hybridized carbons (Fsp3) is 0.600. The van der Waals surface area contributed by atoms with Crippen LogP contribution in [0.25, 0.3) is 0 Å². The minimum Gasteiger partial charge on any atom is -0.508 e. The second-order valence-electron chi connectivity index (χ2n) is 5.28. The van der Waals surface area contributed by atoms with Crippen LogP contribution >= 0.6 is 0 Å². The number of aromatic hydroxyl groups is 1. The first-order chi connectivity index (χ1) is 8.81. The first kappa shape index (κ1) is 12.0. The zero-order valence-corrected chi connectivity index (χ0v) is 10.9. The molecule has 3 heteroatoms. The van der Waals surface area contributed by atoms with E-state index >= 15 is 0 Å².